The van der Waals surface area contributed by atoms with Crippen molar-refractivity contribution < 1.29 is 5.11 Å². The fraction of sp³-hybridized carbons (Fsp3) is 0.368. The summed E-state index contributed by atoms with van der Waals surface area (Å²) in [7, 11) is 0. The molecule has 1 heterocycles. The van der Waals surface area contributed by atoms with Crippen molar-refractivity contribution in [2.45, 2.75) is 32.4 Å². The Morgan fingerprint density at radius 3 is 2.21 bits per heavy atom. The van der Waals surface area contributed by atoms with Gasteiger partial charge in [-0.2, -0.15) is 0 Å². The molecule has 2 aromatic carbocycles. The van der Waals surface area contributed by atoms with Gasteiger partial charge >= 0.3 is 0 Å². The Kier molecular flexibility index (Phi) is 6.18. The molecule has 0 atom stereocenters. The molecule has 0 bridgehead atoms. The molecule has 24 heavy (non-hydrogen) atoms. The number of rotatable bonds is 4. The van der Waals surface area contributed by atoms with E-state index in [1.807, 2.05) is 12.1 Å². The zero-order valence-corrected chi connectivity index (χ0v) is 16.5. The van der Waals surface area contributed by atoms with Gasteiger partial charge < -0.3 is 10.0 Å². The van der Waals surface area contributed by atoms with Crippen molar-refractivity contribution in [3.8, 4) is 5.75 Å². The highest BCUT2D eigenvalue weighted by atomic mass is 79.9. The summed E-state index contributed by atoms with van der Waals surface area (Å²) >= 11 is 3.51. The van der Waals surface area contributed by atoms with Crippen molar-refractivity contribution in [3.63, 3.8) is 0 Å². The first-order valence-corrected chi connectivity index (χ1v) is 8.88. The summed E-state index contributed by atoms with van der Waals surface area (Å²) in [4.78, 5) is 4.82. The molecule has 1 N–H and O–H groups in total. The molecule has 0 aromatic heterocycles. The Labute approximate surface area is 158 Å². The highest BCUT2D eigenvalue weighted by molar-refractivity contribution is 9.10. The topological polar surface area (TPSA) is 26.7 Å². The minimum absolute atomic E-state index is 0. The minimum atomic E-state index is -0.169. The number of hydrogen-bond donors (Lipinski definition) is 1. The van der Waals surface area contributed by atoms with E-state index in [2.05, 4.69) is 69.9 Å². The molecule has 0 saturated carbocycles. The van der Waals surface area contributed by atoms with Gasteiger partial charge in [-0.15, -0.1) is 12.4 Å². The highest BCUT2D eigenvalue weighted by Gasteiger charge is 2.36. The molecule has 0 spiro atoms. The van der Waals surface area contributed by atoms with Gasteiger partial charge in [-0.1, -0.05) is 22.0 Å². The molecule has 130 valence electrons. The van der Waals surface area contributed by atoms with Crippen molar-refractivity contribution in [2.75, 3.05) is 18.0 Å². The van der Waals surface area contributed by atoms with Gasteiger partial charge in [0.15, 0.2) is 0 Å². The maximum absolute atomic E-state index is 9.94. The molecule has 2 aromatic rings. The van der Waals surface area contributed by atoms with Crippen molar-refractivity contribution in [1.29, 1.82) is 0 Å². The molecule has 0 amide bonds. The van der Waals surface area contributed by atoms with Crippen LogP contribution in [-0.2, 0) is 0 Å². The molecule has 0 aliphatic carbocycles. The molecule has 1 aliphatic heterocycles. The predicted octanol–water partition coefficient (Wildman–Crippen LogP) is 5.55. The second kappa shape index (κ2) is 7.77. The van der Waals surface area contributed by atoms with E-state index in [4.69, 9.17) is 0 Å². The Balaban J connectivity index is 0.00000208. The van der Waals surface area contributed by atoms with E-state index < -0.39 is 0 Å². The van der Waals surface area contributed by atoms with Crippen LogP contribution in [0.3, 0.4) is 0 Å². The summed E-state index contributed by atoms with van der Waals surface area (Å²) in [5, 5.41) is 9.94. The van der Waals surface area contributed by atoms with Gasteiger partial charge in [-0.05, 0) is 63.1 Å². The Morgan fingerprint density at radius 1 is 1.00 bits per heavy atom. The molecular formula is C19H24BrClN2O. The van der Waals surface area contributed by atoms with E-state index in [0.717, 1.165) is 28.9 Å². The number of hydrogen-bond acceptors (Lipinski definition) is 3. The average molecular weight is 412 g/mol. The third-order valence-corrected chi connectivity index (χ3v) is 5.13. The summed E-state index contributed by atoms with van der Waals surface area (Å²) in [5.41, 5.74) is 1.96. The highest BCUT2D eigenvalue weighted by Crippen LogP contribution is 2.38. The first-order valence-electron chi connectivity index (χ1n) is 8.08. The van der Waals surface area contributed by atoms with Crippen LogP contribution >= 0.6 is 28.3 Å². The lowest BCUT2D eigenvalue weighted by molar-refractivity contribution is 0.161. The number of aromatic hydroxyl groups is 1. The van der Waals surface area contributed by atoms with Crippen LogP contribution in [0.25, 0.3) is 0 Å². The Bertz CT molecular complexity index is 669. The van der Waals surface area contributed by atoms with E-state index in [9.17, 15) is 5.11 Å². The lowest BCUT2D eigenvalue weighted by Gasteiger charge is -2.46. The third kappa shape index (κ3) is 3.88. The zero-order chi connectivity index (χ0) is 16.4. The van der Waals surface area contributed by atoms with Crippen LogP contribution in [0.2, 0.25) is 0 Å². The number of likely N-dealkylation sites (tertiary alicyclic amines) is 1. The van der Waals surface area contributed by atoms with Gasteiger partial charge in [0.05, 0.1) is 5.66 Å². The lowest BCUT2D eigenvalue weighted by Crippen LogP contribution is -2.54. The number of benzene rings is 2. The van der Waals surface area contributed by atoms with E-state index in [-0.39, 0.29) is 18.1 Å². The van der Waals surface area contributed by atoms with Gasteiger partial charge in [-0.25, -0.2) is 0 Å². The van der Waals surface area contributed by atoms with Gasteiger partial charge in [0.2, 0.25) is 0 Å². The van der Waals surface area contributed by atoms with Gasteiger partial charge in [-0.3, -0.25) is 4.90 Å². The summed E-state index contributed by atoms with van der Waals surface area (Å²) in [5.74, 6) is 0.293. The summed E-state index contributed by atoms with van der Waals surface area (Å²) in [6.07, 6.45) is 2.50. The van der Waals surface area contributed by atoms with Crippen LogP contribution in [-0.4, -0.2) is 28.8 Å². The molecule has 5 heteroatoms. The van der Waals surface area contributed by atoms with Crippen LogP contribution in [0.5, 0.6) is 5.75 Å². The molecule has 1 saturated heterocycles. The molecule has 3 rings (SSSR count). The van der Waals surface area contributed by atoms with Crippen molar-refractivity contribution in [1.82, 2.24) is 4.90 Å². The van der Waals surface area contributed by atoms with Crippen molar-refractivity contribution in [3.05, 3.63) is 53.0 Å². The number of phenols is 1. The second-order valence-electron chi connectivity index (χ2n) is 6.52. The quantitative estimate of drug-likeness (QED) is 0.715. The van der Waals surface area contributed by atoms with Crippen molar-refractivity contribution >= 4 is 39.7 Å². The molecule has 1 aliphatic rings. The van der Waals surface area contributed by atoms with E-state index in [0.29, 0.717) is 5.75 Å². The molecular weight excluding hydrogens is 388 g/mol. The summed E-state index contributed by atoms with van der Waals surface area (Å²) < 4.78 is 1.07. The number of halogens is 2. The van der Waals surface area contributed by atoms with E-state index in [1.165, 1.54) is 12.8 Å². The largest absolute Gasteiger partial charge is 0.508 e. The van der Waals surface area contributed by atoms with Crippen LogP contribution in [0, 0.1) is 0 Å². The first kappa shape index (κ1) is 19.1. The Hall–Kier alpha value is -1.23. The average Bonchev–Trinajstić information content (AvgIpc) is 3.04. The van der Waals surface area contributed by atoms with Gasteiger partial charge in [0.25, 0.3) is 0 Å². The maximum Gasteiger partial charge on any atom is 0.117 e. The normalized spacial score (nSPS) is 15.1. The summed E-state index contributed by atoms with van der Waals surface area (Å²) in [6, 6.07) is 15.9. The summed E-state index contributed by atoms with van der Waals surface area (Å²) in [6.45, 7) is 6.73. The number of nitrogens with zero attached hydrogens (tertiary/aromatic N) is 2. The van der Waals surface area contributed by atoms with Gasteiger partial charge in [0.1, 0.15) is 5.75 Å². The van der Waals surface area contributed by atoms with Crippen LogP contribution in [0.4, 0.5) is 11.4 Å². The fourth-order valence-electron chi connectivity index (χ4n) is 3.41. The molecule has 0 unspecified atom stereocenters. The van der Waals surface area contributed by atoms with Gasteiger partial charge in [0, 0.05) is 35.0 Å². The Morgan fingerprint density at radius 2 is 1.62 bits per heavy atom. The van der Waals surface area contributed by atoms with Crippen LogP contribution < -0.4 is 4.90 Å². The van der Waals surface area contributed by atoms with Crippen molar-refractivity contribution in [2.24, 2.45) is 0 Å². The van der Waals surface area contributed by atoms with Crippen LogP contribution in [0.15, 0.2) is 53.0 Å². The molecule has 0 radical (unpaired) electrons. The predicted molar refractivity (Wildman–Crippen MR) is 107 cm³/mol. The number of anilines is 2. The lowest BCUT2D eigenvalue weighted by atomic mass is 10.1. The molecule has 3 nitrogen and oxygen atoms in total. The monoisotopic (exact) mass is 410 g/mol. The smallest absolute Gasteiger partial charge is 0.117 e. The van der Waals surface area contributed by atoms with E-state index in [1.54, 1.807) is 6.07 Å². The minimum Gasteiger partial charge on any atom is -0.508 e. The maximum atomic E-state index is 9.94. The number of phenolic OH excluding ortho intramolecular Hbond substituents is 1. The SMILES string of the molecule is CC(C)(N1CCCC1)N(c1ccc(Br)cc1)c1cccc(O)c1.Cl. The zero-order valence-electron chi connectivity index (χ0n) is 14.1. The molecule has 1 fully saturated rings. The second-order valence-corrected chi connectivity index (χ2v) is 7.44. The fourth-order valence-corrected chi connectivity index (χ4v) is 3.67. The van der Waals surface area contributed by atoms with Crippen LogP contribution in [0.1, 0.15) is 26.7 Å². The third-order valence-electron chi connectivity index (χ3n) is 4.60. The van der Waals surface area contributed by atoms with E-state index >= 15 is 0 Å². The first-order chi connectivity index (χ1) is 11.0. The standard InChI is InChI=1S/C19H23BrN2O.ClH/c1-19(2,21-12-3-4-13-21)22(16-10-8-15(20)9-11-16)17-6-5-7-18(23)14-17;/h5-11,14,23H,3-4,12-13H2,1-2H3;1H.